The molecular weight excluding hydrogens is 260 g/mol. The Balaban J connectivity index is 1.62. The van der Waals surface area contributed by atoms with Gasteiger partial charge in [0.25, 0.3) is 0 Å². The summed E-state index contributed by atoms with van der Waals surface area (Å²) in [4.78, 5) is 0. The van der Waals surface area contributed by atoms with E-state index in [0.29, 0.717) is 6.61 Å². The van der Waals surface area contributed by atoms with Gasteiger partial charge in [-0.3, -0.25) is 0 Å². The van der Waals surface area contributed by atoms with Crippen molar-refractivity contribution in [2.45, 2.75) is 57.7 Å². The highest BCUT2D eigenvalue weighted by Gasteiger charge is 2.20. The molecule has 0 atom stereocenters. The Morgan fingerprint density at radius 3 is 2.76 bits per heavy atom. The van der Waals surface area contributed by atoms with Crippen LogP contribution >= 0.6 is 0 Å². The number of benzene rings is 1. The van der Waals surface area contributed by atoms with Gasteiger partial charge in [-0.05, 0) is 43.4 Å². The molecule has 1 aliphatic rings. The van der Waals surface area contributed by atoms with E-state index in [1.54, 1.807) is 0 Å². The van der Waals surface area contributed by atoms with Crippen molar-refractivity contribution >= 4 is 10.9 Å². The highest BCUT2D eigenvalue weighted by Crippen LogP contribution is 2.23. The molecule has 0 saturated heterocycles. The monoisotopic (exact) mass is 286 g/mol. The summed E-state index contributed by atoms with van der Waals surface area (Å²) < 4.78 is 2.37. The molecule has 3 rings (SSSR count). The van der Waals surface area contributed by atoms with Gasteiger partial charge in [-0.25, -0.2) is 0 Å². The lowest BCUT2D eigenvalue weighted by molar-refractivity contribution is 0.282. The molecule has 1 saturated carbocycles. The summed E-state index contributed by atoms with van der Waals surface area (Å²) in [5, 5.41) is 13.8. The van der Waals surface area contributed by atoms with Crippen molar-refractivity contribution in [3.63, 3.8) is 0 Å². The van der Waals surface area contributed by atoms with Gasteiger partial charge >= 0.3 is 0 Å². The smallest absolute Gasteiger partial charge is 0.0483 e. The van der Waals surface area contributed by atoms with E-state index < -0.39 is 0 Å². The van der Waals surface area contributed by atoms with E-state index in [-0.39, 0.29) is 0 Å². The third-order valence-corrected chi connectivity index (χ3v) is 4.37. The van der Waals surface area contributed by atoms with E-state index in [9.17, 15) is 0 Å². The Bertz CT molecular complexity index is 572. The molecular formula is C18H26N2O. The molecule has 1 aliphatic carbocycles. The Morgan fingerprint density at radius 1 is 1.10 bits per heavy atom. The number of aryl methyl sites for hydroxylation is 1. The van der Waals surface area contributed by atoms with Crippen molar-refractivity contribution in [2.75, 3.05) is 6.61 Å². The Morgan fingerprint density at radius 2 is 1.95 bits per heavy atom. The first-order valence-corrected chi connectivity index (χ1v) is 8.29. The molecule has 1 heterocycles. The lowest BCUT2D eigenvalue weighted by Gasteiger charge is -2.08. The van der Waals surface area contributed by atoms with Gasteiger partial charge in [0.05, 0.1) is 0 Å². The molecule has 3 nitrogen and oxygen atoms in total. The molecule has 0 aliphatic heterocycles. The molecule has 0 bridgehead atoms. The lowest BCUT2D eigenvalue weighted by atomic mass is 10.1. The van der Waals surface area contributed by atoms with E-state index in [0.717, 1.165) is 32.0 Å². The second kappa shape index (κ2) is 7.10. The lowest BCUT2D eigenvalue weighted by Crippen LogP contribution is -2.15. The van der Waals surface area contributed by atoms with E-state index in [2.05, 4.69) is 40.3 Å². The number of rotatable bonds is 9. The normalized spacial score (nSPS) is 14.9. The maximum Gasteiger partial charge on any atom is 0.0483 e. The predicted molar refractivity (Wildman–Crippen MR) is 87.4 cm³/mol. The fraction of sp³-hybridized carbons (Fsp3) is 0.556. The summed E-state index contributed by atoms with van der Waals surface area (Å²) in [6.07, 6.45) is 9.35. The maximum atomic E-state index is 8.80. The fourth-order valence-electron chi connectivity index (χ4n) is 2.93. The highest BCUT2D eigenvalue weighted by atomic mass is 16.2. The summed E-state index contributed by atoms with van der Waals surface area (Å²) in [6.45, 7) is 2.39. The van der Waals surface area contributed by atoms with Crippen molar-refractivity contribution < 1.29 is 5.11 Å². The molecule has 0 amide bonds. The number of aromatic nitrogens is 1. The molecule has 114 valence electrons. The van der Waals surface area contributed by atoms with Gasteiger partial charge < -0.3 is 15.0 Å². The standard InChI is InChI=1S/C18H26N2O/c21-13-4-2-1-3-11-20-12-10-17-15(6-5-7-18(17)20)14-19-16-8-9-16/h5-7,10,12,16,19,21H,1-4,8-9,11,13-14H2. The van der Waals surface area contributed by atoms with E-state index in [4.69, 9.17) is 5.11 Å². The first kappa shape index (κ1) is 14.6. The first-order chi connectivity index (χ1) is 10.4. The predicted octanol–water partition coefficient (Wildman–Crippen LogP) is 3.45. The quantitative estimate of drug-likeness (QED) is 0.693. The molecule has 3 heteroatoms. The topological polar surface area (TPSA) is 37.2 Å². The van der Waals surface area contributed by atoms with E-state index in [1.165, 1.54) is 42.1 Å². The zero-order valence-corrected chi connectivity index (χ0v) is 12.7. The molecule has 1 aromatic heterocycles. The number of nitrogens with zero attached hydrogens (tertiary/aromatic N) is 1. The van der Waals surface area contributed by atoms with Gasteiger partial charge in [0.15, 0.2) is 0 Å². The molecule has 21 heavy (non-hydrogen) atoms. The van der Waals surface area contributed by atoms with Crippen LogP contribution in [-0.4, -0.2) is 22.3 Å². The zero-order valence-electron chi connectivity index (χ0n) is 12.7. The number of fused-ring (bicyclic) bond motifs is 1. The highest BCUT2D eigenvalue weighted by molar-refractivity contribution is 5.83. The van der Waals surface area contributed by atoms with Crippen LogP contribution in [0.25, 0.3) is 10.9 Å². The summed E-state index contributed by atoms with van der Waals surface area (Å²) >= 11 is 0. The second-order valence-electron chi connectivity index (χ2n) is 6.15. The van der Waals surface area contributed by atoms with Crippen molar-refractivity contribution in [2.24, 2.45) is 0 Å². The molecule has 2 N–H and O–H groups in total. The van der Waals surface area contributed by atoms with Crippen LogP contribution in [0, 0.1) is 0 Å². The number of aliphatic hydroxyl groups is 1. The molecule has 0 spiro atoms. The Labute approximate surface area is 127 Å². The van der Waals surface area contributed by atoms with Gasteiger partial charge in [0.2, 0.25) is 0 Å². The Kier molecular flexibility index (Phi) is 4.94. The fourth-order valence-corrected chi connectivity index (χ4v) is 2.93. The maximum absolute atomic E-state index is 8.80. The SMILES string of the molecule is OCCCCCCn1ccc2c(CNC3CC3)cccc21. The van der Waals surface area contributed by atoms with Crippen molar-refractivity contribution in [1.82, 2.24) is 9.88 Å². The van der Waals surface area contributed by atoms with Gasteiger partial charge in [-0.2, -0.15) is 0 Å². The van der Waals surface area contributed by atoms with Gasteiger partial charge in [0.1, 0.15) is 0 Å². The molecule has 1 fully saturated rings. The van der Waals surface area contributed by atoms with Crippen LogP contribution in [0.3, 0.4) is 0 Å². The van der Waals surface area contributed by atoms with Gasteiger partial charge in [-0.1, -0.05) is 25.0 Å². The van der Waals surface area contributed by atoms with Crippen LogP contribution in [0.2, 0.25) is 0 Å². The van der Waals surface area contributed by atoms with Crippen LogP contribution in [0.15, 0.2) is 30.5 Å². The summed E-state index contributed by atoms with van der Waals surface area (Å²) in [5.41, 5.74) is 2.77. The number of hydrogen-bond donors (Lipinski definition) is 2. The average Bonchev–Trinajstić information content (AvgIpc) is 3.25. The molecule has 1 aromatic carbocycles. The number of hydrogen-bond acceptors (Lipinski definition) is 2. The van der Waals surface area contributed by atoms with Crippen LogP contribution in [-0.2, 0) is 13.1 Å². The summed E-state index contributed by atoms with van der Waals surface area (Å²) in [6, 6.07) is 9.66. The molecule has 2 aromatic rings. The van der Waals surface area contributed by atoms with Crippen LogP contribution in [0.5, 0.6) is 0 Å². The minimum atomic E-state index is 0.323. The largest absolute Gasteiger partial charge is 0.396 e. The molecule has 0 radical (unpaired) electrons. The summed E-state index contributed by atoms with van der Waals surface area (Å²) in [5.74, 6) is 0. The second-order valence-corrected chi connectivity index (χ2v) is 6.15. The third kappa shape index (κ3) is 3.86. The number of unbranched alkanes of at least 4 members (excludes halogenated alkanes) is 3. The van der Waals surface area contributed by atoms with Gasteiger partial charge in [-0.15, -0.1) is 0 Å². The van der Waals surface area contributed by atoms with Crippen LogP contribution < -0.4 is 5.32 Å². The molecule has 0 unspecified atom stereocenters. The van der Waals surface area contributed by atoms with Crippen molar-refractivity contribution in [3.8, 4) is 0 Å². The zero-order chi connectivity index (χ0) is 14.5. The van der Waals surface area contributed by atoms with Crippen molar-refractivity contribution in [1.29, 1.82) is 0 Å². The van der Waals surface area contributed by atoms with Crippen LogP contribution in [0.4, 0.5) is 0 Å². The van der Waals surface area contributed by atoms with E-state index in [1.807, 2.05) is 0 Å². The van der Waals surface area contributed by atoms with Gasteiger partial charge in [0, 0.05) is 42.8 Å². The Hall–Kier alpha value is -1.32. The third-order valence-electron chi connectivity index (χ3n) is 4.37. The summed E-state index contributed by atoms with van der Waals surface area (Å²) in [7, 11) is 0. The van der Waals surface area contributed by atoms with E-state index >= 15 is 0 Å². The van der Waals surface area contributed by atoms with Crippen LogP contribution in [0.1, 0.15) is 44.1 Å². The average molecular weight is 286 g/mol. The minimum Gasteiger partial charge on any atom is -0.396 e. The minimum absolute atomic E-state index is 0.323. The number of nitrogens with one attached hydrogen (secondary N) is 1. The number of aliphatic hydroxyl groups excluding tert-OH is 1. The first-order valence-electron chi connectivity index (χ1n) is 8.29. The van der Waals surface area contributed by atoms with Crippen molar-refractivity contribution in [3.05, 3.63) is 36.0 Å².